The van der Waals surface area contributed by atoms with Gasteiger partial charge >= 0.3 is 0 Å². The number of carbonyl (C=O) groups is 1. The van der Waals surface area contributed by atoms with Gasteiger partial charge in [0.25, 0.3) is 0 Å². The van der Waals surface area contributed by atoms with Gasteiger partial charge in [-0.1, -0.05) is 18.2 Å². The molecule has 0 saturated carbocycles. The summed E-state index contributed by atoms with van der Waals surface area (Å²) in [5.74, 6) is 0.765. The predicted octanol–water partition coefficient (Wildman–Crippen LogP) is 1.31. The van der Waals surface area contributed by atoms with Crippen molar-refractivity contribution < 1.29 is 9.53 Å². The minimum absolute atomic E-state index is 0.0216. The maximum Gasteiger partial charge on any atom is 0.238 e. The van der Waals surface area contributed by atoms with Gasteiger partial charge in [-0.2, -0.15) is 0 Å². The number of rotatable bonds is 5. The first-order valence-corrected chi connectivity index (χ1v) is 7.58. The largest absolute Gasteiger partial charge is 0.497 e. The highest BCUT2D eigenvalue weighted by molar-refractivity contribution is 5.82. The van der Waals surface area contributed by atoms with Crippen LogP contribution < -0.4 is 20.9 Å². The van der Waals surface area contributed by atoms with E-state index in [1.54, 1.807) is 13.3 Å². The number of hydrogen-bond acceptors (Lipinski definition) is 5. The van der Waals surface area contributed by atoms with Crippen molar-refractivity contribution in [2.75, 3.05) is 7.11 Å². The summed E-state index contributed by atoms with van der Waals surface area (Å²) in [5.41, 5.74) is 8.28. The molecule has 1 aromatic heterocycles. The van der Waals surface area contributed by atoms with Crippen molar-refractivity contribution in [3.8, 4) is 5.75 Å². The molecule has 2 atom stereocenters. The fourth-order valence-corrected chi connectivity index (χ4v) is 2.62. The lowest BCUT2D eigenvalue weighted by atomic mass is 10.0. The standard InChI is InChI=1S/C17H20N4O2/c1-23-14-6-2-4-12(8-14)10-19-17(22)16-9-15(20-21-16)13-5-3-7-18-11-13/h2-8,11,15-16,20-21H,9-10H2,1H3,(H,19,22). The van der Waals surface area contributed by atoms with Crippen molar-refractivity contribution in [3.05, 3.63) is 59.9 Å². The molecule has 0 bridgehead atoms. The Bertz CT molecular complexity index is 663. The van der Waals surface area contributed by atoms with Crippen molar-refractivity contribution in [1.82, 2.24) is 21.2 Å². The highest BCUT2D eigenvalue weighted by atomic mass is 16.5. The van der Waals surface area contributed by atoms with Gasteiger partial charge < -0.3 is 10.1 Å². The minimum atomic E-state index is -0.259. The second-order valence-corrected chi connectivity index (χ2v) is 5.49. The van der Waals surface area contributed by atoms with Crippen molar-refractivity contribution in [2.24, 2.45) is 0 Å². The first-order chi connectivity index (χ1) is 11.3. The molecule has 1 amide bonds. The van der Waals surface area contributed by atoms with Gasteiger partial charge in [0.05, 0.1) is 7.11 Å². The summed E-state index contributed by atoms with van der Waals surface area (Å²) in [5, 5.41) is 2.95. The summed E-state index contributed by atoms with van der Waals surface area (Å²) < 4.78 is 5.18. The Balaban J connectivity index is 1.53. The third kappa shape index (κ3) is 3.85. The minimum Gasteiger partial charge on any atom is -0.497 e. The lowest BCUT2D eigenvalue weighted by Gasteiger charge is -2.11. The van der Waals surface area contributed by atoms with Gasteiger partial charge in [-0.15, -0.1) is 0 Å². The number of aromatic nitrogens is 1. The summed E-state index contributed by atoms with van der Waals surface area (Å²) in [6.07, 6.45) is 4.25. The number of hydrazine groups is 1. The average Bonchev–Trinajstić information content (AvgIpc) is 3.11. The van der Waals surface area contributed by atoms with Gasteiger partial charge in [-0.25, -0.2) is 10.9 Å². The number of amides is 1. The summed E-state index contributed by atoms with van der Waals surface area (Å²) in [6, 6.07) is 11.4. The van der Waals surface area contributed by atoms with Gasteiger partial charge in [-0.05, 0) is 35.7 Å². The molecule has 0 radical (unpaired) electrons. The molecular weight excluding hydrogens is 292 g/mol. The number of nitrogens with zero attached hydrogens (tertiary/aromatic N) is 1. The number of hydrogen-bond donors (Lipinski definition) is 3. The topological polar surface area (TPSA) is 75.3 Å². The lowest BCUT2D eigenvalue weighted by Crippen LogP contribution is -2.42. The zero-order chi connectivity index (χ0) is 16.1. The van der Waals surface area contributed by atoms with Crippen LogP contribution in [0.15, 0.2) is 48.8 Å². The first-order valence-electron chi connectivity index (χ1n) is 7.58. The summed E-state index contributed by atoms with van der Waals surface area (Å²) in [7, 11) is 1.63. The molecule has 1 fully saturated rings. The zero-order valence-electron chi connectivity index (χ0n) is 13.0. The second-order valence-electron chi connectivity index (χ2n) is 5.49. The normalized spacial score (nSPS) is 20.2. The van der Waals surface area contributed by atoms with Crippen molar-refractivity contribution in [1.29, 1.82) is 0 Å². The Morgan fingerprint density at radius 3 is 3.04 bits per heavy atom. The van der Waals surface area contributed by atoms with Gasteiger partial charge in [0.15, 0.2) is 0 Å². The number of nitrogens with one attached hydrogen (secondary N) is 3. The van der Waals surface area contributed by atoms with E-state index in [1.807, 2.05) is 42.6 Å². The number of methoxy groups -OCH3 is 1. The third-order valence-electron chi connectivity index (χ3n) is 3.91. The van der Waals surface area contributed by atoms with Crippen LogP contribution in [0.4, 0.5) is 0 Å². The molecule has 0 aliphatic carbocycles. The molecule has 120 valence electrons. The van der Waals surface area contributed by atoms with E-state index in [2.05, 4.69) is 21.2 Å². The zero-order valence-corrected chi connectivity index (χ0v) is 13.0. The van der Waals surface area contributed by atoms with E-state index in [4.69, 9.17) is 4.74 Å². The Hall–Kier alpha value is -2.44. The first kappa shape index (κ1) is 15.5. The van der Waals surface area contributed by atoms with Crippen LogP contribution in [0.25, 0.3) is 0 Å². The number of pyridine rings is 1. The van der Waals surface area contributed by atoms with Crippen LogP contribution in [0.2, 0.25) is 0 Å². The van der Waals surface area contributed by atoms with Crippen molar-refractivity contribution in [3.63, 3.8) is 0 Å². The maximum atomic E-state index is 12.3. The fraction of sp³-hybridized carbons (Fsp3) is 0.294. The Labute approximate surface area is 135 Å². The van der Waals surface area contributed by atoms with E-state index in [-0.39, 0.29) is 18.0 Å². The Kier molecular flexibility index (Phi) is 4.85. The van der Waals surface area contributed by atoms with Crippen LogP contribution in [0.1, 0.15) is 23.6 Å². The molecule has 1 saturated heterocycles. The van der Waals surface area contributed by atoms with E-state index in [0.29, 0.717) is 13.0 Å². The van der Waals surface area contributed by atoms with Gasteiger partial charge in [0.1, 0.15) is 11.8 Å². The molecule has 1 aromatic carbocycles. The summed E-state index contributed by atoms with van der Waals surface area (Å²) in [6.45, 7) is 0.478. The van der Waals surface area contributed by atoms with E-state index in [1.165, 1.54) is 0 Å². The van der Waals surface area contributed by atoms with Crippen molar-refractivity contribution >= 4 is 5.91 Å². The van der Waals surface area contributed by atoms with Crippen LogP contribution in [-0.4, -0.2) is 24.0 Å². The Morgan fingerprint density at radius 1 is 1.35 bits per heavy atom. The van der Waals surface area contributed by atoms with Gasteiger partial charge in [0, 0.05) is 25.0 Å². The molecule has 1 aliphatic rings. The summed E-state index contributed by atoms with van der Waals surface area (Å²) >= 11 is 0. The molecule has 2 aromatic rings. The van der Waals surface area contributed by atoms with Crippen LogP contribution in [0.3, 0.4) is 0 Å². The fourth-order valence-electron chi connectivity index (χ4n) is 2.62. The van der Waals surface area contributed by atoms with E-state index >= 15 is 0 Å². The van der Waals surface area contributed by atoms with Crippen LogP contribution in [-0.2, 0) is 11.3 Å². The number of ether oxygens (including phenoxy) is 1. The molecule has 1 aliphatic heterocycles. The SMILES string of the molecule is COc1cccc(CNC(=O)C2CC(c3cccnc3)NN2)c1. The van der Waals surface area contributed by atoms with Crippen LogP contribution in [0.5, 0.6) is 5.75 Å². The predicted molar refractivity (Wildman–Crippen MR) is 86.5 cm³/mol. The van der Waals surface area contributed by atoms with Crippen LogP contribution in [0, 0.1) is 0 Å². The highest BCUT2D eigenvalue weighted by Crippen LogP contribution is 2.21. The van der Waals surface area contributed by atoms with E-state index in [9.17, 15) is 4.79 Å². The molecule has 3 N–H and O–H groups in total. The van der Waals surface area contributed by atoms with Gasteiger partial charge in [-0.3, -0.25) is 9.78 Å². The lowest BCUT2D eigenvalue weighted by molar-refractivity contribution is -0.123. The smallest absolute Gasteiger partial charge is 0.238 e. The molecule has 2 heterocycles. The number of benzene rings is 1. The molecule has 6 nitrogen and oxygen atoms in total. The highest BCUT2D eigenvalue weighted by Gasteiger charge is 2.29. The molecule has 3 rings (SSSR count). The molecule has 2 unspecified atom stereocenters. The number of carbonyl (C=O) groups excluding carboxylic acids is 1. The quantitative estimate of drug-likeness (QED) is 0.776. The average molecular weight is 312 g/mol. The maximum absolute atomic E-state index is 12.3. The van der Waals surface area contributed by atoms with Crippen molar-refractivity contribution in [2.45, 2.75) is 25.0 Å². The summed E-state index contributed by atoms with van der Waals surface area (Å²) in [4.78, 5) is 16.4. The third-order valence-corrected chi connectivity index (χ3v) is 3.91. The molecular formula is C17H20N4O2. The van der Waals surface area contributed by atoms with Gasteiger partial charge in [0.2, 0.25) is 5.91 Å². The molecule has 6 heteroatoms. The molecule has 0 spiro atoms. The van der Waals surface area contributed by atoms with E-state index < -0.39 is 0 Å². The molecule has 23 heavy (non-hydrogen) atoms. The monoisotopic (exact) mass is 312 g/mol. The van der Waals surface area contributed by atoms with Crippen LogP contribution >= 0.6 is 0 Å². The van der Waals surface area contributed by atoms with E-state index in [0.717, 1.165) is 16.9 Å². The Morgan fingerprint density at radius 2 is 2.26 bits per heavy atom. The second kappa shape index (κ2) is 7.21.